The summed E-state index contributed by atoms with van der Waals surface area (Å²) in [4.78, 5) is 11.5. The molecule has 0 aromatic rings. The Balaban J connectivity index is 0.00000144. The minimum Gasteiger partial charge on any atom is -0.378 e. The first kappa shape index (κ1) is 14.7. The molecule has 0 aromatic heterocycles. The Bertz CT molecular complexity index is 269. The second-order valence-electron chi connectivity index (χ2n) is 4.93. The van der Waals surface area contributed by atoms with Crippen molar-refractivity contribution in [3.63, 3.8) is 0 Å². The predicted molar refractivity (Wildman–Crippen MR) is 69.2 cm³/mol. The maximum atomic E-state index is 11.5. The van der Waals surface area contributed by atoms with Crippen molar-refractivity contribution in [2.75, 3.05) is 13.2 Å². The van der Waals surface area contributed by atoms with Crippen LogP contribution in [-0.2, 0) is 9.53 Å². The summed E-state index contributed by atoms with van der Waals surface area (Å²) in [5, 5.41) is 3.10. The largest absolute Gasteiger partial charge is 0.378 e. The van der Waals surface area contributed by atoms with E-state index in [1.54, 1.807) is 0 Å². The Labute approximate surface area is 109 Å². The third-order valence-corrected chi connectivity index (χ3v) is 4.14. The lowest BCUT2D eigenvalue weighted by atomic mass is 9.51. The van der Waals surface area contributed by atoms with Gasteiger partial charge in [0.2, 0.25) is 5.91 Å². The Morgan fingerprint density at radius 1 is 1.53 bits per heavy atom. The molecule has 4 nitrogen and oxygen atoms in total. The molecule has 0 radical (unpaired) electrons. The zero-order chi connectivity index (χ0) is 11.6. The lowest BCUT2D eigenvalue weighted by Crippen LogP contribution is -2.67. The van der Waals surface area contributed by atoms with E-state index in [1.165, 1.54) is 19.3 Å². The minimum atomic E-state index is 0. The van der Waals surface area contributed by atoms with Gasteiger partial charge in [-0.3, -0.25) is 4.79 Å². The van der Waals surface area contributed by atoms with Crippen molar-refractivity contribution >= 4 is 18.3 Å². The van der Waals surface area contributed by atoms with Gasteiger partial charge in [-0.15, -0.1) is 12.4 Å². The molecule has 2 aliphatic carbocycles. The number of hydrogen-bond donors (Lipinski definition) is 2. The molecule has 1 amide bonds. The molecule has 2 rings (SSSR count). The summed E-state index contributed by atoms with van der Waals surface area (Å²) < 4.78 is 5.73. The SMILES string of the molecule is CCOC1CC(NC(=O)CCN)C12CCC2.Cl. The molecule has 1 spiro atoms. The van der Waals surface area contributed by atoms with E-state index >= 15 is 0 Å². The van der Waals surface area contributed by atoms with Gasteiger partial charge in [0.05, 0.1) is 6.10 Å². The highest BCUT2D eigenvalue weighted by molar-refractivity contribution is 5.85. The topological polar surface area (TPSA) is 64.3 Å². The number of rotatable bonds is 5. The molecule has 2 unspecified atom stereocenters. The maximum Gasteiger partial charge on any atom is 0.221 e. The number of nitrogens with two attached hydrogens (primary N) is 1. The van der Waals surface area contributed by atoms with Gasteiger partial charge in [-0.25, -0.2) is 0 Å². The lowest BCUT2D eigenvalue weighted by molar-refractivity contribution is -0.175. The van der Waals surface area contributed by atoms with Crippen molar-refractivity contribution in [2.24, 2.45) is 11.1 Å². The number of nitrogens with one attached hydrogen (secondary N) is 1. The summed E-state index contributed by atoms with van der Waals surface area (Å²) in [7, 11) is 0. The van der Waals surface area contributed by atoms with Gasteiger partial charge in [0.25, 0.3) is 0 Å². The van der Waals surface area contributed by atoms with Crippen LogP contribution in [0.4, 0.5) is 0 Å². The molecule has 100 valence electrons. The van der Waals surface area contributed by atoms with Crippen molar-refractivity contribution in [1.29, 1.82) is 0 Å². The van der Waals surface area contributed by atoms with Gasteiger partial charge in [-0.1, -0.05) is 6.42 Å². The summed E-state index contributed by atoms with van der Waals surface area (Å²) in [6.45, 7) is 3.24. The molecule has 5 heteroatoms. The van der Waals surface area contributed by atoms with Crippen molar-refractivity contribution in [1.82, 2.24) is 5.32 Å². The van der Waals surface area contributed by atoms with Crippen molar-refractivity contribution in [3.05, 3.63) is 0 Å². The Morgan fingerprint density at radius 3 is 2.71 bits per heavy atom. The first-order chi connectivity index (χ1) is 7.73. The first-order valence-corrected chi connectivity index (χ1v) is 6.34. The van der Waals surface area contributed by atoms with Gasteiger partial charge >= 0.3 is 0 Å². The van der Waals surface area contributed by atoms with Crippen LogP contribution in [0.1, 0.15) is 39.0 Å². The molecule has 0 bridgehead atoms. The van der Waals surface area contributed by atoms with Crippen LogP contribution >= 0.6 is 12.4 Å². The second-order valence-corrected chi connectivity index (χ2v) is 4.93. The molecule has 0 saturated heterocycles. The zero-order valence-electron chi connectivity index (χ0n) is 10.4. The van der Waals surface area contributed by atoms with Crippen LogP contribution in [0, 0.1) is 5.41 Å². The molecule has 0 aromatic carbocycles. The normalized spacial score (nSPS) is 28.8. The van der Waals surface area contributed by atoms with Gasteiger partial charge in [0.1, 0.15) is 0 Å². The third-order valence-electron chi connectivity index (χ3n) is 4.14. The predicted octanol–water partition coefficient (Wildman–Crippen LogP) is 1.22. The average molecular weight is 263 g/mol. The summed E-state index contributed by atoms with van der Waals surface area (Å²) >= 11 is 0. The fraction of sp³-hybridized carbons (Fsp3) is 0.917. The highest BCUT2D eigenvalue weighted by Gasteiger charge is 2.59. The average Bonchev–Trinajstić information content (AvgIpc) is 2.13. The molecule has 2 saturated carbocycles. The zero-order valence-corrected chi connectivity index (χ0v) is 11.2. The number of ether oxygens (including phenoxy) is 1. The van der Waals surface area contributed by atoms with E-state index in [4.69, 9.17) is 10.5 Å². The highest BCUT2D eigenvalue weighted by atomic mass is 35.5. The van der Waals surface area contributed by atoms with Crippen molar-refractivity contribution in [3.8, 4) is 0 Å². The lowest BCUT2D eigenvalue weighted by Gasteiger charge is -2.61. The Kier molecular flexibility index (Phi) is 5.22. The number of carbonyl (C=O) groups excluding carboxylic acids is 1. The number of carbonyl (C=O) groups is 1. The summed E-state index contributed by atoms with van der Waals surface area (Å²) in [5.74, 6) is 0.0914. The third kappa shape index (κ3) is 2.59. The summed E-state index contributed by atoms with van der Waals surface area (Å²) in [6, 6.07) is 0.330. The van der Waals surface area contributed by atoms with E-state index in [-0.39, 0.29) is 23.7 Å². The maximum absolute atomic E-state index is 11.5. The van der Waals surface area contributed by atoms with Crippen LogP contribution in [0.2, 0.25) is 0 Å². The molecular weight excluding hydrogens is 240 g/mol. The van der Waals surface area contributed by atoms with Gasteiger partial charge in [-0.2, -0.15) is 0 Å². The fourth-order valence-corrected chi connectivity index (χ4v) is 3.04. The second kappa shape index (κ2) is 6.03. The minimum absolute atomic E-state index is 0. The van der Waals surface area contributed by atoms with E-state index in [9.17, 15) is 4.79 Å². The molecular formula is C12H23ClN2O2. The van der Waals surface area contributed by atoms with E-state index in [0.29, 0.717) is 25.1 Å². The van der Waals surface area contributed by atoms with Gasteiger partial charge in [-0.05, 0) is 26.2 Å². The molecule has 2 fully saturated rings. The van der Waals surface area contributed by atoms with E-state index < -0.39 is 0 Å². The molecule has 0 aliphatic heterocycles. The Morgan fingerprint density at radius 2 is 2.24 bits per heavy atom. The summed E-state index contributed by atoms with van der Waals surface area (Å²) in [5.41, 5.74) is 5.63. The molecule has 0 heterocycles. The molecule has 2 aliphatic rings. The molecule has 3 N–H and O–H groups in total. The van der Waals surface area contributed by atoms with Gasteiger partial charge in [0, 0.05) is 31.0 Å². The fourth-order valence-electron chi connectivity index (χ4n) is 3.04. The van der Waals surface area contributed by atoms with Crippen LogP contribution < -0.4 is 11.1 Å². The monoisotopic (exact) mass is 262 g/mol. The van der Waals surface area contributed by atoms with Crippen LogP contribution in [0.15, 0.2) is 0 Å². The quantitative estimate of drug-likeness (QED) is 0.783. The molecule has 2 atom stereocenters. The number of hydrogen-bond acceptors (Lipinski definition) is 3. The van der Waals surface area contributed by atoms with Crippen LogP contribution in [0.3, 0.4) is 0 Å². The number of halogens is 1. The molecule has 17 heavy (non-hydrogen) atoms. The smallest absolute Gasteiger partial charge is 0.221 e. The van der Waals surface area contributed by atoms with E-state index in [0.717, 1.165) is 13.0 Å². The highest BCUT2D eigenvalue weighted by Crippen LogP contribution is 2.57. The first-order valence-electron chi connectivity index (χ1n) is 6.34. The van der Waals surface area contributed by atoms with Gasteiger partial charge < -0.3 is 15.8 Å². The van der Waals surface area contributed by atoms with Crippen LogP contribution in [0.25, 0.3) is 0 Å². The van der Waals surface area contributed by atoms with Gasteiger partial charge in [0.15, 0.2) is 0 Å². The van der Waals surface area contributed by atoms with Crippen molar-refractivity contribution in [2.45, 2.75) is 51.2 Å². The van der Waals surface area contributed by atoms with Crippen molar-refractivity contribution < 1.29 is 9.53 Å². The Hall–Kier alpha value is -0.320. The number of amides is 1. The van der Waals surface area contributed by atoms with E-state index in [2.05, 4.69) is 5.32 Å². The van der Waals surface area contributed by atoms with E-state index in [1.807, 2.05) is 6.92 Å². The standard InChI is InChI=1S/C12H22N2O2.ClH/c1-2-16-10-8-9(12(10)5-3-6-12)14-11(15)4-7-13;/h9-10H,2-8,13H2,1H3,(H,14,15);1H. The van der Waals surface area contributed by atoms with Crippen LogP contribution in [-0.4, -0.2) is 31.2 Å². The van der Waals surface area contributed by atoms with Crippen LogP contribution in [0.5, 0.6) is 0 Å². The summed E-state index contributed by atoms with van der Waals surface area (Å²) in [6.07, 6.45) is 5.45.